The molecule has 86 valence electrons. The Hall–Kier alpha value is -1.29. The average molecular weight is 237 g/mol. The molecule has 0 aromatic heterocycles. The van der Waals surface area contributed by atoms with Gasteiger partial charge in [-0.3, -0.25) is 0 Å². The second-order valence-corrected chi connectivity index (χ2v) is 4.42. The molecule has 0 spiro atoms. The third-order valence-corrected chi connectivity index (χ3v) is 2.85. The maximum Gasteiger partial charge on any atom is 0.133 e. The number of nitrogens with two attached hydrogens (primary N) is 1. The van der Waals surface area contributed by atoms with E-state index in [0.29, 0.717) is 10.9 Å². The lowest BCUT2D eigenvalue weighted by Gasteiger charge is -2.11. The van der Waals surface area contributed by atoms with Crippen molar-refractivity contribution in [2.75, 3.05) is 13.7 Å². The molecule has 0 aliphatic heterocycles. The van der Waals surface area contributed by atoms with Gasteiger partial charge >= 0.3 is 0 Å². The maximum absolute atomic E-state index is 5.72. The lowest BCUT2D eigenvalue weighted by atomic mass is 10.2. The first-order valence-corrected chi connectivity index (χ1v) is 5.72. The molecule has 1 aromatic carbocycles. The van der Waals surface area contributed by atoms with Crippen molar-refractivity contribution in [3.63, 3.8) is 0 Å². The van der Waals surface area contributed by atoms with Crippen LogP contribution in [0, 0.1) is 5.92 Å². The van der Waals surface area contributed by atoms with Crippen LogP contribution < -0.4 is 15.2 Å². The van der Waals surface area contributed by atoms with Crippen LogP contribution in [0.4, 0.5) is 0 Å². The third kappa shape index (κ3) is 2.64. The van der Waals surface area contributed by atoms with E-state index in [1.165, 1.54) is 12.8 Å². The molecule has 0 bridgehead atoms. The van der Waals surface area contributed by atoms with Gasteiger partial charge in [-0.05, 0) is 30.9 Å². The van der Waals surface area contributed by atoms with Crippen molar-refractivity contribution in [1.29, 1.82) is 0 Å². The molecule has 0 radical (unpaired) electrons. The summed E-state index contributed by atoms with van der Waals surface area (Å²) in [4.78, 5) is 0.355. The molecule has 3 nitrogen and oxygen atoms in total. The van der Waals surface area contributed by atoms with Gasteiger partial charge in [-0.1, -0.05) is 12.2 Å². The van der Waals surface area contributed by atoms with E-state index in [1.807, 2.05) is 18.2 Å². The molecule has 0 amide bonds. The molecule has 1 aromatic rings. The second kappa shape index (κ2) is 4.70. The van der Waals surface area contributed by atoms with E-state index in [-0.39, 0.29) is 0 Å². The van der Waals surface area contributed by atoms with Crippen molar-refractivity contribution in [2.45, 2.75) is 12.8 Å². The van der Waals surface area contributed by atoms with E-state index in [2.05, 4.69) is 0 Å². The van der Waals surface area contributed by atoms with Crippen LogP contribution in [0.2, 0.25) is 0 Å². The lowest BCUT2D eigenvalue weighted by molar-refractivity contribution is 0.297. The summed E-state index contributed by atoms with van der Waals surface area (Å²) in [6.45, 7) is 0.739. The average Bonchev–Trinajstić information content (AvgIpc) is 3.09. The van der Waals surface area contributed by atoms with Crippen molar-refractivity contribution < 1.29 is 9.47 Å². The van der Waals surface area contributed by atoms with Gasteiger partial charge in [0.25, 0.3) is 0 Å². The van der Waals surface area contributed by atoms with E-state index in [0.717, 1.165) is 23.7 Å². The zero-order chi connectivity index (χ0) is 11.5. The molecule has 0 unspecified atom stereocenters. The summed E-state index contributed by atoms with van der Waals surface area (Å²) in [6.07, 6.45) is 2.51. The number of thiocarbonyl (C=S) groups is 1. The highest BCUT2D eigenvalue weighted by molar-refractivity contribution is 7.80. The van der Waals surface area contributed by atoms with Crippen LogP contribution in [0.15, 0.2) is 18.2 Å². The molecule has 2 rings (SSSR count). The van der Waals surface area contributed by atoms with E-state index in [4.69, 9.17) is 27.4 Å². The number of rotatable bonds is 5. The zero-order valence-corrected chi connectivity index (χ0v) is 10.0. The molecule has 1 saturated carbocycles. The molecule has 2 N–H and O–H groups in total. The summed E-state index contributed by atoms with van der Waals surface area (Å²) in [5.74, 6) is 2.18. The second-order valence-electron chi connectivity index (χ2n) is 3.98. The minimum atomic E-state index is 0.355. The molecule has 4 heteroatoms. The molecule has 0 saturated heterocycles. The van der Waals surface area contributed by atoms with Crippen LogP contribution in [0.5, 0.6) is 11.5 Å². The molecule has 1 aliphatic rings. The van der Waals surface area contributed by atoms with Crippen molar-refractivity contribution in [1.82, 2.24) is 0 Å². The summed E-state index contributed by atoms with van der Waals surface area (Å²) in [5, 5.41) is 0. The van der Waals surface area contributed by atoms with E-state index >= 15 is 0 Å². The summed E-state index contributed by atoms with van der Waals surface area (Å²) in [6, 6.07) is 5.50. The van der Waals surface area contributed by atoms with Crippen LogP contribution in [0.25, 0.3) is 0 Å². The number of methoxy groups -OCH3 is 1. The first-order valence-electron chi connectivity index (χ1n) is 5.31. The minimum Gasteiger partial charge on any atom is -0.497 e. The Labute approximate surface area is 101 Å². The monoisotopic (exact) mass is 237 g/mol. The summed E-state index contributed by atoms with van der Waals surface area (Å²) < 4.78 is 10.9. The van der Waals surface area contributed by atoms with Crippen LogP contribution in [0.1, 0.15) is 18.4 Å². The quantitative estimate of drug-likeness (QED) is 0.797. The number of hydrogen-bond donors (Lipinski definition) is 1. The molecule has 0 atom stereocenters. The molecule has 1 fully saturated rings. The predicted molar refractivity (Wildman–Crippen MR) is 67.1 cm³/mol. The van der Waals surface area contributed by atoms with Crippen LogP contribution >= 0.6 is 12.2 Å². The van der Waals surface area contributed by atoms with Crippen molar-refractivity contribution in [3.8, 4) is 11.5 Å². The van der Waals surface area contributed by atoms with Crippen molar-refractivity contribution in [2.24, 2.45) is 11.7 Å². The maximum atomic E-state index is 5.72. The zero-order valence-electron chi connectivity index (χ0n) is 9.23. The van der Waals surface area contributed by atoms with Gasteiger partial charge in [-0.2, -0.15) is 0 Å². The Morgan fingerprint density at radius 3 is 2.81 bits per heavy atom. The first-order chi connectivity index (χ1) is 7.70. The largest absolute Gasteiger partial charge is 0.497 e. The first kappa shape index (κ1) is 11.2. The van der Waals surface area contributed by atoms with Gasteiger partial charge in [0.2, 0.25) is 0 Å². The molecule has 1 aliphatic carbocycles. The summed E-state index contributed by atoms with van der Waals surface area (Å²) in [5.41, 5.74) is 6.41. The van der Waals surface area contributed by atoms with Crippen LogP contribution in [-0.2, 0) is 0 Å². The fourth-order valence-corrected chi connectivity index (χ4v) is 1.61. The molecule has 0 heterocycles. The Balaban J connectivity index is 2.18. The highest BCUT2D eigenvalue weighted by Crippen LogP contribution is 2.31. The smallest absolute Gasteiger partial charge is 0.133 e. The topological polar surface area (TPSA) is 44.5 Å². The SMILES string of the molecule is COc1ccc(C(N)=S)c(OCC2CC2)c1. The van der Waals surface area contributed by atoms with E-state index < -0.39 is 0 Å². The van der Waals surface area contributed by atoms with Gasteiger partial charge in [0.05, 0.1) is 19.3 Å². The number of ether oxygens (including phenoxy) is 2. The Kier molecular flexibility index (Phi) is 3.29. The standard InChI is InChI=1S/C12H15NO2S/c1-14-9-4-5-10(12(13)16)11(6-9)15-7-8-2-3-8/h4-6,8H,2-3,7H2,1H3,(H2,13,16). The van der Waals surface area contributed by atoms with Gasteiger partial charge in [-0.25, -0.2) is 0 Å². The number of hydrogen-bond acceptors (Lipinski definition) is 3. The third-order valence-electron chi connectivity index (χ3n) is 2.63. The fourth-order valence-electron chi connectivity index (χ4n) is 1.44. The fraction of sp³-hybridized carbons (Fsp3) is 0.417. The Morgan fingerprint density at radius 2 is 2.25 bits per heavy atom. The van der Waals surface area contributed by atoms with E-state index in [1.54, 1.807) is 7.11 Å². The summed E-state index contributed by atoms with van der Waals surface area (Å²) in [7, 11) is 1.63. The normalized spacial score (nSPS) is 14.6. The number of benzene rings is 1. The molecular formula is C12H15NO2S. The van der Waals surface area contributed by atoms with E-state index in [9.17, 15) is 0 Å². The van der Waals surface area contributed by atoms with Crippen molar-refractivity contribution in [3.05, 3.63) is 23.8 Å². The van der Waals surface area contributed by atoms with Crippen LogP contribution in [0.3, 0.4) is 0 Å². The van der Waals surface area contributed by atoms with Gasteiger partial charge in [-0.15, -0.1) is 0 Å². The summed E-state index contributed by atoms with van der Waals surface area (Å²) >= 11 is 4.98. The van der Waals surface area contributed by atoms with Gasteiger partial charge in [0.1, 0.15) is 16.5 Å². The predicted octanol–water partition coefficient (Wildman–Crippen LogP) is 2.12. The minimum absolute atomic E-state index is 0.355. The van der Waals surface area contributed by atoms with Crippen molar-refractivity contribution >= 4 is 17.2 Å². The molecular weight excluding hydrogens is 222 g/mol. The Morgan fingerprint density at radius 1 is 1.50 bits per heavy atom. The van der Waals surface area contributed by atoms with Gasteiger partial charge in [0, 0.05) is 6.07 Å². The highest BCUT2D eigenvalue weighted by Gasteiger charge is 2.22. The van der Waals surface area contributed by atoms with Gasteiger partial charge in [0.15, 0.2) is 0 Å². The Bertz CT molecular complexity index is 402. The highest BCUT2D eigenvalue weighted by atomic mass is 32.1. The van der Waals surface area contributed by atoms with Crippen LogP contribution in [-0.4, -0.2) is 18.7 Å². The van der Waals surface area contributed by atoms with Gasteiger partial charge < -0.3 is 15.2 Å². The molecule has 16 heavy (non-hydrogen) atoms. The lowest BCUT2D eigenvalue weighted by Crippen LogP contribution is -2.12.